The van der Waals surface area contributed by atoms with Crippen LogP contribution in [0.2, 0.25) is 0 Å². The van der Waals surface area contributed by atoms with Crippen LogP contribution in [0.15, 0.2) is 40.8 Å². The van der Waals surface area contributed by atoms with Crippen molar-refractivity contribution in [3.05, 3.63) is 35.8 Å². The van der Waals surface area contributed by atoms with Gasteiger partial charge >= 0.3 is 0 Å². The van der Waals surface area contributed by atoms with E-state index in [-0.39, 0.29) is 5.91 Å². The van der Waals surface area contributed by atoms with Gasteiger partial charge in [0.1, 0.15) is 11.5 Å². The maximum Gasteiger partial charge on any atom is 0.240 e. The summed E-state index contributed by atoms with van der Waals surface area (Å²) in [6.07, 6.45) is 5.67. The molecule has 0 spiro atoms. The number of amidine groups is 1. The Balaban J connectivity index is 4.99. The Bertz CT molecular complexity index is 482. The van der Waals surface area contributed by atoms with Crippen molar-refractivity contribution in [3.8, 4) is 0 Å². The van der Waals surface area contributed by atoms with Gasteiger partial charge in [0, 0.05) is 0 Å². The molecule has 5 nitrogen and oxygen atoms in total. The number of rotatable bonds is 7. The number of nitrogens with one attached hydrogen (secondary N) is 1. The van der Waals surface area contributed by atoms with Crippen LogP contribution in [0.4, 0.5) is 0 Å². The predicted octanol–water partition coefficient (Wildman–Crippen LogP) is 2.78. The lowest BCUT2D eigenvalue weighted by Crippen LogP contribution is -2.37. The standard InChI is InChI=1S/C16H27N3O2S/c1-8-12(3)10-14(21-6)13(4)17-16(22-7)18-15(20)11-19(5)9-2/h8,10H,4,9,11H2,1-3,5-7H3,(H,17,18,20)/b12-8-,14-10+. The zero-order chi connectivity index (χ0) is 17.1. The molecule has 0 rings (SSSR count). The van der Waals surface area contributed by atoms with E-state index in [1.54, 1.807) is 7.11 Å². The van der Waals surface area contributed by atoms with Gasteiger partial charge in [0.2, 0.25) is 5.91 Å². The third kappa shape index (κ3) is 8.05. The second-order valence-electron chi connectivity index (χ2n) is 4.69. The minimum Gasteiger partial charge on any atom is -0.495 e. The summed E-state index contributed by atoms with van der Waals surface area (Å²) in [5.41, 5.74) is 1.52. The fraction of sp³-hybridized carbons (Fsp3) is 0.500. The van der Waals surface area contributed by atoms with Crippen molar-refractivity contribution in [2.45, 2.75) is 20.8 Å². The monoisotopic (exact) mass is 325 g/mol. The highest BCUT2D eigenvalue weighted by Crippen LogP contribution is 2.14. The Labute approximate surface area is 138 Å². The normalized spacial score (nSPS) is 13.3. The molecule has 0 heterocycles. The van der Waals surface area contributed by atoms with Crippen LogP contribution < -0.4 is 5.32 Å². The lowest BCUT2D eigenvalue weighted by molar-refractivity contribution is -0.120. The van der Waals surface area contributed by atoms with E-state index in [0.29, 0.717) is 23.2 Å². The molecule has 1 N–H and O–H groups in total. The van der Waals surface area contributed by atoms with Crippen LogP contribution in [0.25, 0.3) is 0 Å². The Kier molecular flexibility index (Phi) is 10.3. The van der Waals surface area contributed by atoms with Crippen LogP contribution in [0.3, 0.4) is 0 Å². The lowest BCUT2D eigenvalue weighted by atomic mass is 10.2. The first kappa shape index (κ1) is 20.5. The van der Waals surface area contributed by atoms with Crippen molar-refractivity contribution >= 4 is 22.8 Å². The highest BCUT2D eigenvalue weighted by Gasteiger charge is 2.09. The van der Waals surface area contributed by atoms with E-state index in [0.717, 1.165) is 12.1 Å². The second-order valence-corrected chi connectivity index (χ2v) is 5.49. The summed E-state index contributed by atoms with van der Waals surface area (Å²) < 4.78 is 5.30. The maximum absolute atomic E-state index is 11.9. The summed E-state index contributed by atoms with van der Waals surface area (Å²) in [5, 5.41) is 3.28. The number of nitrogens with zero attached hydrogens (tertiary/aromatic N) is 2. The molecule has 0 saturated heterocycles. The molecule has 22 heavy (non-hydrogen) atoms. The first-order chi connectivity index (χ1) is 10.4. The van der Waals surface area contributed by atoms with E-state index < -0.39 is 0 Å². The number of aliphatic imine (C=N–C) groups is 1. The summed E-state index contributed by atoms with van der Waals surface area (Å²) in [6.45, 7) is 11.0. The first-order valence-electron chi connectivity index (χ1n) is 7.06. The fourth-order valence-electron chi connectivity index (χ4n) is 1.37. The highest BCUT2D eigenvalue weighted by atomic mass is 32.2. The minimum absolute atomic E-state index is 0.0992. The number of allylic oxidation sites excluding steroid dienone is 3. The van der Waals surface area contributed by atoms with E-state index in [1.165, 1.54) is 11.8 Å². The number of carbonyl (C=O) groups is 1. The average molecular weight is 325 g/mol. The quantitative estimate of drug-likeness (QED) is 0.338. The Hall–Kier alpha value is -1.53. The summed E-state index contributed by atoms with van der Waals surface area (Å²) in [4.78, 5) is 18.2. The summed E-state index contributed by atoms with van der Waals surface area (Å²) >= 11 is 1.36. The molecule has 0 fully saturated rings. The van der Waals surface area contributed by atoms with E-state index >= 15 is 0 Å². The van der Waals surface area contributed by atoms with Gasteiger partial charge < -0.3 is 10.1 Å². The van der Waals surface area contributed by atoms with Crippen LogP contribution in [-0.2, 0) is 9.53 Å². The number of hydrogen-bond acceptors (Lipinski definition) is 5. The van der Waals surface area contributed by atoms with Crippen LogP contribution in [0.5, 0.6) is 0 Å². The molecule has 0 aliphatic carbocycles. The molecule has 1 amide bonds. The van der Waals surface area contributed by atoms with E-state index in [2.05, 4.69) is 16.9 Å². The van der Waals surface area contributed by atoms with Crippen molar-refractivity contribution in [1.29, 1.82) is 0 Å². The Morgan fingerprint density at radius 2 is 2.14 bits per heavy atom. The lowest BCUT2D eigenvalue weighted by Gasteiger charge is -2.14. The smallest absolute Gasteiger partial charge is 0.240 e. The number of amides is 1. The number of ether oxygens (including phenoxy) is 1. The number of thioether (sulfide) groups is 1. The average Bonchev–Trinajstić information content (AvgIpc) is 2.50. The summed E-state index contributed by atoms with van der Waals surface area (Å²) in [6, 6.07) is 0. The topological polar surface area (TPSA) is 53.9 Å². The molecular weight excluding hydrogens is 298 g/mol. The number of likely N-dealkylation sites (N-methyl/N-ethyl adjacent to an activating group) is 1. The zero-order valence-electron chi connectivity index (χ0n) is 14.4. The largest absolute Gasteiger partial charge is 0.495 e. The Morgan fingerprint density at radius 3 is 2.59 bits per heavy atom. The van der Waals surface area contributed by atoms with Gasteiger partial charge in [0.15, 0.2) is 5.17 Å². The molecule has 0 saturated carbocycles. The van der Waals surface area contributed by atoms with Crippen molar-refractivity contribution < 1.29 is 9.53 Å². The zero-order valence-corrected chi connectivity index (χ0v) is 15.2. The molecule has 0 aromatic rings. The van der Waals surface area contributed by atoms with Crippen molar-refractivity contribution in [3.63, 3.8) is 0 Å². The van der Waals surface area contributed by atoms with E-state index in [9.17, 15) is 4.79 Å². The summed E-state index contributed by atoms with van der Waals surface area (Å²) in [7, 11) is 3.46. The number of carbonyl (C=O) groups excluding carboxylic acids is 1. The number of hydrogen-bond donors (Lipinski definition) is 1. The molecular formula is C16H27N3O2S. The third-order valence-electron chi connectivity index (χ3n) is 2.95. The molecule has 0 atom stereocenters. The van der Waals surface area contributed by atoms with Gasteiger partial charge in [-0.15, -0.1) is 0 Å². The molecule has 0 aliphatic rings. The van der Waals surface area contributed by atoms with E-state index in [4.69, 9.17) is 4.74 Å². The second kappa shape index (κ2) is 11.1. The van der Waals surface area contributed by atoms with Crippen LogP contribution in [-0.4, -0.2) is 49.5 Å². The SMILES string of the molecule is C=C(N=C(NC(=O)CN(C)CC)SC)/C(=C\C(C)=C/C)OC. The van der Waals surface area contributed by atoms with Gasteiger partial charge in [0.25, 0.3) is 0 Å². The van der Waals surface area contributed by atoms with Gasteiger partial charge in [-0.2, -0.15) is 0 Å². The minimum atomic E-state index is -0.0992. The van der Waals surface area contributed by atoms with Crippen molar-refractivity contribution in [1.82, 2.24) is 10.2 Å². The number of methoxy groups -OCH3 is 1. The molecule has 0 unspecified atom stereocenters. The van der Waals surface area contributed by atoms with Crippen LogP contribution in [0, 0.1) is 0 Å². The van der Waals surface area contributed by atoms with E-state index in [1.807, 2.05) is 51.1 Å². The van der Waals surface area contributed by atoms with Gasteiger partial charge in [-0.3, -0.25) is 9.69 Å². The third-order valence-corrected chi connectivity index (χ3v) is 3.53. The molecule has 0 aromatic carbocycles. The predicted molar refractivity (Wildman–Crippen MR) is 95.9 cm³/mol. The molecule has 0 aromatic heterocycles. The maximum atomic E-state index is 11.9. The molecule has 0 aliphatic heterocycles. The fourth-order valence-corrected chi connectivity index (χ4v) is 1.79. The van der Waals surface area contributed by atoms with Gasteiger partial charge in [0.05, 0.1) is 13.7 Å². The van der Waals surface area contributed by atoms with Gasteiger partial charge in [-0.1, -0.05) is 36.9 Å². The Morgan fingerprint density at radius 1 is 1.50 bits per heavy atom. The van der Waals surface area contributed by atoms with Crippen LogP contribution in [0.1, 0.15) is 20.8 Å². The van der Waals surface area contributed by atoms with Crippen LogP contribution >= 0.6 is 11.8 Å². The molecule has 6 heteroatoms. The van der Waals surface area contributed by atoms with Crippen molar-refractivity contribution in [2.24, 2.45) is 4.99 Å². The van der Waals surface area contributed by atoms with Gasteiger partial charge in [-0.05, 0) is 39.8 Å². The first-order valence-corrected chi connectivity index (χ1v) is 8.29. The molecule has 124 valence electrons. The van der Waals surface area contributed by atoms with Crippen molar-refractivity contribution in [2.75, 3.05) is 33.5 Å². The highest BCUT2D eigenvalue weighted by molar-refractivity contribution is 8.13. The van der Waals surface area contributed by atoms with Gasteiger partial charge in [-0.25, -0.2) is 4.99 Å². The molecule has 0 bridgehead atoms. The molecule has 0 radical (unpaired) electrons. The summed E-state index contributed by atoms with van der Waals surface area (Å²) in [5.74, 6) is 0.472.